The quantitative estimate of drug-likeness (QED) is 0.275. The van der Waals surface area contributed by atoms with Gasteiger partial charge in [-0.3, -0.25) is 4.90 Å². The first-order valence-electron chi connectivity index (χ1n) is 13.8. The molecule has 2 heterocycles. The maximum Gasteiger partial charge on any atom is 0.573 e. The van der Waals surface area contributed by atoms with E-state index in [1.54, 1.807) is 0 Å². The highest BCUT2D eigenvalue weighted by Crippen LogP contribution is 2.43. The molecule has 232 valence electrons. The smallest absolute Gasteiger partial charge is 0.406 e. The summed E-state index contributed by atoms with van der Waals surface area (Å²) in [5, 5.41) is 12.2. The minimum absolute atomic E-state index is 0.0435. The van der Waals surface area contributed by atoms with Crippen LogP contribution in [0.15, 0.2) is 72.8 Å². The SMILES string of the molecule is CC1COC(c2ccc(CN3CCC(C(O)(c4ccc(OC(F)(F)F)cc4)c4ccc(OC(F)(F)F)cc4)CC3)cc2)O1. The van der Waals surface area contributed by atoms with Crippen LogP contribution in [0.1, 0.15) is 48.3 Å². The van der Waals surface area contributed by atoms with Gasteiger partial charge in [-0.1, -0.05) is 48.5 Å². The van der Waals surface area contributed by atoms with Crippen molar-refractivity contribution >= 4 is 0 Å². The van der Waals surface area contributed by atoms with Crippen molar-refractivity contribution in [1.29, 1.82) is 0 Å². The first-order valence-corrected chi connectivity index (χ1v) is 13.8. The molecule has 0 radical (unpaired) electrons. The molecule has 1 N–H and O–H groups in total. The first-order chi connectivity index (χ1) is 20.3. The molecule has 0 aliphatic carbocycles. The van der Waals surface area contributed by atoms with Gasteiger partial charge in [0.05, 0.1) is 12.7 Å². The summed E-state index contributed by atoms with van der Waals surface area (Å²) in [6.07, 6.45) is -9.04. The highest BCUT2D eigenvalue weighted by Gasteiger charge is 2.42. The van der Waals surface area contributed by atoms with E-state index in [0.29, 0.717) is 50.2 Å². The molecule has 5 rings (SSSR count). The average Bonchev–Trinajstić information content (AvgIpc) is 3.39. The molecule has 2 atom stereocenters. The van der Waals surface area contributed by atoms with Crippen LogP contribution in [0, 0.1) is 5.92 Å². The molecule has 2 fully saturated rings. The number of rotatable bonds is 8. The van der Waals surface area contributed by atoms with Crippen molar-refractivity contribution in [1.82, 2.24) is 4.90 Å². The van der Waals surface area contributed by atoms with Gasteiger partial charge in [0, 0.05) is 12.1 Å². The van der Waals surface area contributed by atoms with E-state index in [9.17, 15) is 31.4 Å². The van der Waals surface area contributed by atoms with Crippen LogP contribution in [0.2, 0.25) is 0 Å². The molecule has 0 bridgehead atoms. The molecule has 3 aromatic rings. The summed E-state index contributed by atoms with van der Waals surface area (Å²) < 4.78 is 95.5. The Morgan fingerprint density at radius 2 is 1.26 bits per heavy atom. The predicted octanol–water partition coefficient (Wildman–Crippen LogP) is 7.07. The highest BCUT2D eigenvalue weighted by atomic mass is 19.4. The van der Waals surface area contributed by atoms with Crippen LogP contribution in [-0.2, 0) is 21.6 Å². The molecule has 2 aliphatic heterocycles. The number of ether oxygens (including phenoxy) is 4. The Labute approximate surface area is 244 Å². The van der Waals surface area contributed by atoms with Crippen LogP contribution in [0.3, 0.4) is 0 Å². The number of nitrogens with zero attached hydrogens (tertiary/aromatic N) is 1. The average molecular weight is 612 g/mol. The van der Waals surface area contributed by atoms with Gasteiger partial charge in [-0.25, -0.2) is 0 Å². The van der Waals surface area contributed by atoms with Gasteiger partial charge in [-0.05, 0) is 79.7 Å². The van der Waals surface area contributed by atoms with Gasteiger partial charge < -0.3 is 24.1 Å². The standard InChI is InChI=1S/C31H31F6NO5/c1-20-19-40-28(41-20)22-4-2-21(3-5-22)18-38-16-14-25(15-17-38)29(39,23-6-10-26(11-7-23)42-30(32,33)34)24-8-12-27(13-9-24)43-31(35,36)37/h2-13,20,25,28,39H,14-19H2,1H3. The van der Waals surface area contributed by atoms with Crippen molar-refractivity contribution in [3.8, 4) is 11.5 Å². The molecule has 0 saturated carbocycles. The molecule has 2 saturated heterocycles. The lowest BCUT2D eigenvalue weighted by Gasteiger charge is -2.42. The number of alkyl halides is 6. The van der Waals surface area contributed by atoms with Crippen molar-refractivity contribution in [2.45, 2.75) is 57.0 Å². The maximum atomic E-state index is 12.7. The summed E-state index contributed by atoms with van der Waals surface area (Å²) >= 11 is 0. The fraction of sp³-hybridized carbons (Fsp3) is 0.419. The zero-order chi connectivity index (χ0) is 30.8. The van der Waals surface area contributed by atoms with Gasteiger partial charge in [-0.15, -0.1) is 26.3 Å². The molecule has 6 nitrogen and oxygen atoms in total. The molecule has 2 aliphatic rings. The van der Waals surface area contributed by atoms with E-state index in [0.717, 1.165) is 35.4 Å². The summed E-state index contributed by atoms with van der Waals surface area (Å²) in [5.41, 5.74) is 0.927. The van der Waals surface area contributed by atoms with Crippen LogP contribution in [-0.4, -0.2) is 48.5 Å². The molecule has 12 heteroatoms. The third-order valence-corrected chi connectivity index (χ3v) is 7.73. The Hall–Kier alpha value is -3.32. The lowest BCUT2D eigenvalue weighted by Crippen LogP contribution is -2.44. The van der Waals surface area contributed by atoms with Crippen LogP contribution in [0.5, 0.6) is 11.5 Å². The Morgan fingerprint density at radius 3 is 1.67 bits per heavy atom. The fourth-order valence-corrected chi connectivity index (χ4v) is 5.69. The predicted molar refractivity (Wildman–Crippen MR) is 143 cm³/mol. The topological polar surface area (TPSA) is 60.4 Å². The van der Waals surface area contributed by atoms with Gasteiger partial charge in [0.1, 0.15) is 17.1 Å². The molecular weight excluding hydrogens is 580 g/mol. The second-order valence-corrected chi connectivity index (χ2v) is 10.8. The number of aliphatic hydroxyl groups is 1. The minimum atomic E-state index is -4.88. The number of benzene rings is 3. The summed E-state index contributed by atoms with van der Waals surface area (Å²) in [6.45, 7) is 4.40. The third-order valence-electron chi connectivity index (χ3n) is 7.73. The van der Waals surface area contributed by atoms with Crippen molar-refractivity contribution in [2.75, 3.05) is 19.7 Å². The van der Waals surface area contributed by atoms with Crippen LogP contribution in [0.4, 0.5) is 26.3 Å². The molecule has 2 unspecified atom stereocenters. The maximum absolute atomic E-state index is 12.7. The zero-order valence-corrected chi connectivity index (χ0v) is 23.2. The second kappa shape index (κ2) is 12.4. The van der Waals surface area contributed by atoms with Gasteiger partial charge in [0.15, 0.2) is 6.29 Å². The lowest BCUT2D eigenvalue weighted by molar-refractivity contribution is -0.275. The van der Waals surface area contributed by atoms with E-state index >= 15 is 0 Å². The van der Waals surface area contributed by atoms with Gasteiger partial charge in [-0.2, -0.15) is 0 Å². The highest BCUT2D eigenvalue weighted by molar-refractivity contribution is 5.42. The summed E-state index contributed by atoms with van der Waals surface area (Å²) in [4.78, 5) is 2.23. The number of halogens is 6. The van der Waals surface area contributed by atoms with E-state index in [4.69, 9.17) is 9.47 Å². The van der Waals surface area contributed by atoms with Crippen molar-refractivity contribution in [2.24, 2.45) is 5.92 Å². The monoisotopic (exact) mass is 611 g/mol. The van der Waals surface area contributed by atoms with Crippen molar-refractivity contribution < 1.29 is 50.4 Å². The third kappa shape index (κ3) is 7.80. The Bertz CT molecular complexity index is 1280. The molecule has 0 spiro atoms. The zero-order valence-electron chi connectivity index (χ0n) is 23.2. The molecule has 0 aromatic heterocycles. The molecule has 0 amide bonds. The van der Waals surface area contributed by atoms with Crippen molar-refractivity contribution in [3.05, 3.63) is 95.1 Å². The summed E-state index contributed by atoms with van der Waals surface area (Å²) in [5.74, 6) is -1.28. The van der Waals surface area contributed by atoms with E-state index < -0.39 is 29.8 Å². The van der Waals surface area contributed by atoms with Crippen LogP contribution >= 0.6 is 0 Å². The summed E-state index contributed by atoms with van der Waals surface area (Å²) in [7, 11) is 0. The fourth-order valence-electron chi connectivity index (χ4n) is 5.69. The van der Waals surface area contributed by atoms with E-state index in [1.807, 2.05) is 31.2 Å². The van der Waals surface area contributed by atoms with Gasteiger partial charge in [0.2, 0.25) is 0 Å². The number of likely N-dealkylation sites (tertiary alicyclic amines) is 1. The van der Waals surface area contributed by atoms with Crippen LogP contribution in [0.25, 0.3) is 0 Å². The number of piperidine rings is 1. The van der Waals surface area contributed by atoms with E-state index in [1.165, 1.54) is 24.3 Å². The molecular formula is C31H31F6NO5. The van der Waals surface area contributed by atoms with Gasteiger partial charge >= 0.3 is 12.7 Å². The normalized spacial score (nSPS) is 20.7. The van der Waals surface area contributed by atoms with Crippen LogP contribution < -0.4 is 9.47 Å². The van der Waals surface area contributed by atoms with E-state index in [2.05, 4.69) is 14.4 Å². The molecule has 3 aromatic carbocycles. The lowest BCUT2D eigenvalue weighted by atomic mass is 9.72. The number of hydrogen-bond acceptors (Lipinski definition) is 6. The Morgan fingerprint density at radius 1 is 0.767 bits per heavy atom. The second-order valence-electron chi connectivity index (χ2n) is 10.8. The number of hydrogen-bond donors (Lipinski definition) is 1. The Balaban J connectivity index is 1.31. The largest absolute Gasteiger partial charge is 0.573 e. The van der Waals surface area contributed by atoms with Crippen molar-refractivity contribution in [3.63, 3.8) is 0 Å². The first kappa shape index (κ1) is 31.1. The minimum Gasteiger partial charge on any atom is -0.406 e. The molecule has 43 heavy (non-hydrogen) atoms. The van der Waals surface area contributed by atoms with Gasteiger partial charge in [0.25, 0.3) is 0 Å². The van der Waals surface area contributed by atoms with E-state index in [-0.39, 0.29) is 18.3 Å². The summed E-state index contributed by atoms with van der Waals surface area (Å²) in [6, 6.07) is 17.8. The Kier molecular flexibility index (Phi) is 8.94.